The zero-order valence-electron chi connectivity index (χ0n) is 8.32. The molecule has 0 aliphatic heterocycles. The highest BCUT2D eigenvalue weighted by molar-refractivity contribution is 5.70. The first-order valence-corrected chi connectivity index (χ1v) is 4.07. The van der Waals surface area contributed by atoms with Crippen molar-refractivity contribution in [3.8, 4) is 5.75 Å². The largest absolute Gasteiger partial charge is 0.502 e. The van der Waals surface area contributed by atoms with E-state index in [9.17, 15) is 35.4 Å². The summed E-state index contributed by atoms with van der Waals surface area (Å²) in [5.74, 6) is -1.07. The summed E-state index contributed by atoms with van der Waals surface area (Å²) in [6.45, 7) is 1.06. The standard InChI is InChI=1S/C7H5N3O7/c1-3-4(8(12)13)2-5(9(14)15)6(7(3)11)10(16)17/h2,11H,1H3. The summed E-state index contributed by atoms with van der Waals surface area (Å²) >= 11 is 0. The van der Waals surface area contributed by atoms with Crippen LogP contribution in [0, 0.1) is 37.3 Å². The van der Waals surface area contributed by atoms with Crippen LogP contribution in [0.25, 0.3) is 0 Å². The van der Waals surface area contributed by atoms with Crippen LogP contribution in [0.3, 0.4) is 0 Å². The van der Waals surface area contributed by atoms with Crippen molar-refractivity contribution >= 4 is 17.1 Å². The molecule has 1 N–H and O–H groups in total. The van der Waals surface area contributed by atoms with Crippen molar-refractivity contribution in [2.45, 2.75) is 6.92 Å². The van der Waals surface area contributed by atoms with Crippen LogP contribution in [-0.4, -0.2) is 19.9 Å². The van der Waals surface area contributed by atoms with E-state index in [1.165, 1.54) is 0 Å². The van der Waals surface area contributed by atoms with Gasteiger partial charge in [-0.2, -0.15) is 0 Å². The van der Waals surface area contributed by atoms with Crippen molar-refractivity contribution in [2.24, 2.45) is 0 Å². The molecule has 0 unspecified atom stereocenters. The fraction of sp³-hybridized carbons (Fsp3) is 0.143. The average Bonchev–Trinajstić information content (AvgIpc) is 2.19. The topological polar surface area (TPSA) is 150 Å². The Balaban J connectivity index is 3.75. The Morgan fingerprint density at radius 3 is 1.82 bits per heavy atom. The normalized spacial score (nSPS) is 9.94. The van der Waals surface area contributed by atoms with Gasteiger partial charge in [-0.1, -0.05) is 0 Å². The molecule has 0 spiro atoms. The van der Waals surface area contributed by atoms with Crippen LogP contribution < -0.4 is 0 Å². The molecule has 0 amide bonds. The summed E-state index contributed by atoms with van der Waals surface area (Å²) in [4.78, 5) is 28.3. The summed E-state index contributed by atoms with van der Waals surface area (Å²) in [7, 11) is 0. The molecular formula is C7H5N3O7. The van der Waals surface area contributed by atoms with E-state index in [0.717, 1.165) is 6.92 Å². The van der Waals surface area contributed by atoms with Gasteiger partial charge >= 0.3 is 11.4 Å². The maximum atomic E-state index is 10.6. The molecule has 0 aromatic heterocycles. The van der Waals surface area contributed by atoms with E-state index in [4.69, 9.17) is 0 Å². The number of nitro benzene ring substituents is 3. The van der Waals surface area contributed by atoms with Crippen LogP contribution in [0.15, 0.2) is 6.07 Å². The Morgan fingerprint density at radius 2 is 1.47 bits per heavy atom. The summed E-state index contributed by atoms with van der Waals surface area (Å²) in [6.07, 6.45) is 0. The molecule has 17 heavy (non-hydrogen) atoms. The fourth-order valence-corrected chi connectivity index (χ4v) is 1.24. The minimum atomic E-state index is -1.16. The van der Waals surface area contributed by atoms with E-state index >= 15 is 0 Å². The Hall–Kier alpha value is -2.78. The molecule has 1 aromatic rings. The van der Waals surface area contributed by atoms with E-state index in [1.807, 2.05) is 0 Å². The SMILES string of the molecule is Cc1c([N+](=O)[O-])cc([N+](=O)[O-])c([N+](=O)[O-])c1O. The van der Waals surface area contributed by atoms with E-state index in [2.05, 4.69) is 0 Å². The highest BCUT2D eigenvalue weighted by Gasteiger charge is 2.35. The number of hydrogen-bond donors (Lipinski definition) is 1. The summed E-state index contributed by atoms with van der Waals surface area (Å²) in [6, 6.07) is 0.452. The molecule has 0 atom stereocenters. The van der Waals surface area contributed by atoms with Crippen molar-refractivity contribution in [1.82, 2.24) is 0 Å². The molecule has 0 fully saturated rings. The third-order valence-electron chi connectivity index (χ3n) is 2.06. The molecular weight excluding hydrogens is 238 g/mol. The quantitative estimate of drug-likeness (QED) is 0.622. The van der Waals surface area contributed by atoms with E-state index in [1.54, 1.807) is 0 Å². The predicted molar refractivity (Wildman–Crippen MR) is 52.8 cm³/mol. The second kappa shape index (κ2) is 4.00. The van der Waals surface area contributed by atoms with Crippen molar-refractivity contribution in [3.05, 3.63) is 42.0 Å². The van der Waals surface area contributed by atoms with Crippen molar-refractivity contribution in [2.75, 3.05) is 0 Å². The van der Waals surface area contributed by atoms with E-state index < -0.39 is 43.1 Å². The Bertz CT molecular complexity index is 539. The molecule has 0 heterocycles. The zero-order valence-corrected chi connectivity index (χ0v) is 8.32. The summed E-state index contributed by atoms with van der Waals surface area (Å²) in [5.41, 5.74) is -3.42. The van der Waals surface area contributed by atoms with Gasteiger partial charge in [-0.15, -0.1) is 0 Å². The monoisotopic (exact) mass is 243 g/mol. The van der Waals surface area contributed by atoms with E-state index in [-0.39, 0.29) is 0 Å². The van der Waals surface area contributed by atoms with Crippen LogP contribution in [-0.2, 0) is 0 Å². The Morgan fingerprint density at radius 1 is 1.00 bits per heavy atom. The van der Waals surface area contributed by atoms with Gasteiger partial charge in [0.05, 0.1) is 20.3 Å². The first-order chi connectivity index (χ1) is 7.77. The number of phenols is 1. The lowest BCUT2D eigenvalue weighted by atomic mass is 10.1. The second-order valence-corrected chi connectivity index (χ2v) is 3.01. The number of nitrogens with zero attached hydrogens (tertiary/aromatic N) is 3. The first kappa shape index (κ1) is 12.3. The smallest absolute Gasteiger partial charge is 0.387 e. The van der Waals surface area contributed by atoms with Gasteiger partial charge in [0.15, 0.2) is 0 Å². The minimum absolute atomic E-state index is 0.396. The number of hydrogen-bond acceptors (Lipinski definition) is 7. The Labute approximate surface area is 92.5 Å². The minimum Gasteiger partial charge on any atom is -0.502 e. The average molecular weight is 243 g/mol. The Kier molecular flexibility index (Phi) is 2.89. The van der Waals surface area contributed by atoms with Crippen LogP contribution in [0.1, 0.15) is 5.56 Å². The third-order valence-corrected chi connectivity index (χ3v) is 2.06. The third kappa shape index (κ3) is 1.95. The fourth-order valence-electron chi connectivity index (χ4n) is 1.24. The lowest BCUT2D eigenvalue weighted by Crippen LogP contribution is -2.01. The van der Waals surface area contributed by atoms with Crippen LogP contribution in [0.5, 0.6) is 5.75 Å². The lowest BCUT2D eigenvalue weighted by molar-refractivity contribution is -0.425. The van der Waals surface area contributed by atoms with Gasteiger partial charge in [0.2, 0.25) is 5.75 Å². The molecule has 90 valence electrons. The number of aromatic hydroxyl groups is 1. The molecule has 0 radical (unpaired) electrons. The summed E-state index contributed by atoms with van der Waals surface area (Å²) < 4.78 is 0. The molecule has 0 saturated heterocycles. The zero-order chi connectivity index (χ0) is 13.3. The van der Waals surface area contributed by atoms with Gasteiger partial charge in [0.25, 0.3) is 5.69 Å². The van der Waals surface area contributed by atoms with Crippen LogP contribution in [0.4, 0.5) is 17.1 Å². The van der Waals surface area contributed by atoms with Crippen molar-refractivity contribution < 1.29 is 19.9 Å². The molecule has 0 aliphatic carbocycles. The van der Waals surface area contributed by atoms with Crippen molar-refractivity contribution in [3.63, 3.8) is 0 Å². The predicted octanol–water partition coefficient (Wildman–Crippen LogP) is 1.43. The molecule has 1 rings (SSSR count). The number of rotatable bonds is 3. The maximum absolute atomic E-state index is 10.6. The highest BCUT2D eigenvalue weighted by Crippen LogP contribution is 2.42. The molecule has 0 bridgehead atoms. The number of phenolic OH excluding ortho intramolecular Hbond substituents is 1. The van der Waals surface area contributed by atoms with Gasteiger partial charge < -0.3 is 5.11 Å². The van der Waals surface area contributed by atoms with Gasteiger partial charge in [-0.3, -0.25) is 30.3 Å². The molecule has 1 aromatic carbocycles. The van der Waals surface area contributed by atoms with E-state index in [0.29, 0.717) is 6.07 Å². The molecule has 10 heteroatoms. The van der Waals surface area contributed by atoms with Gasteiger partial charge in [-0.05, 0) is 6.92 Å². The maximum Gasteiger partial charge on any atom is 0.387 e. The molecule has 10 nitrogen and oxygen atoms in total. The van der Waals surface area contributed by atoms with Gasteiger partial charge in [0, 0.05) is 0 Å². The van der Waals surface area contributed by atoms with Gasteiger partial charge in [0.1, 0.15) is 6.07 Å². The number of benzene rings is 1. The summed E-state index contributed by atoms with van der Waals surface area (Å²) in [5, 5.41) is 41.0. The van der Waals surface area contributed by atoms with Crippen molar-refractivity contribution in [1.29, 1.82) is 0 Å². The van der Waals surface area contributed by atoms with Crippen LogP contribution >= 0.6 is 0 Å². The highest BCUT2D eigenvalue weighted by atomic mass is 16.6. The van der Waals surface area contributed by atoms with Crippen LogP contribution in [0.2, 0.25) is 0 Å². The molecule has 0 saturated carbocycles. The number of nitro groups is 3. The van der Waals surface area contributed by atoms with Gasteiger partial charge in [-0.25, -0.2) is 0 Å². The first-order valence-electron chi connectivity index (χ1n) is 4.07. The second-order valence-electron chi connectivity index (χ2n) is 3.01. The molecule has 0 aliphatic rings. The lowest BCUT2D eigenvalue weighted by Gasteiger charge is -2.02.